The highest BCUT2D eigenvalue weighted by atomic mass is 19.3. The summed E-state index contributed by atoms with van der Waals surface area (Å²) in [5.41, 5.74) is -1.54. The lowest BCUT2D eigenvalue weighted by atomic mass is 10.1. The number of ether oxygens (including phenoxy) is 2. The molecule has 2 aromatic rings. The van der Waals surface area contributed by atoms with Gasteiger partial charge >= 0.3 is 18.0 Å². The van der Waals surface area contributed by atoms with Crippen molar-refractivity contribution >= 4 is 23.1 Å². The molecule has 2 unspecified atom stereocenters. The number of methoxy groups -OCH3 is 1. The number of carbonyl (C=O) groups is 2. The van der Waals surface area contributed by atoms with Crippen molar-refractivity contribution in [2.75, 3.05) is 13.7 Å². The lowest BCUT2D eigenvalue weighted by molar-refractivity contribution is -0.145. The Morgan fingerprint density at radius 2 is 1.86 bits per heavy atom. The molecule has 1 aliphatic heterocycles. The van der Waals surface area contributed by atoms with Gasteiger partial charge in [-0.3, -0.25) is 9.69 Å². The molecule has 0 aliphatic carbocycles. The molecule has 1 aliphatic rings. The van der Waals surface area contributed by atoms with Gasteiger partial charge in [-0.05, 0) is 51.3 Å². The van der Waals surface area contributed by atoms with Gasteiger partial charge in [0, 0.05) is 7.97 Å². The van der Waals surface area contributed by atoms with E-state index in [2.05, 4.69) is 16.5 Å². The molecule has 0 bridgehead atoms. The monoisotopic (exact) mass is 497 g/mol. The van der Waals surface area contributed by atoms with E-state index in [1.165, 1.54) is 12.0 Å². The van der Waals surface area contributed by atoms with Crippen molar-refractivity contribution in [3.63, 3.8) is 0 Å². The minimum atomic E-state index is -3.42. The van der Waals surface area contributed by atoms with Crippen LogP contribution in [0, 0.1) is 5.92 Å². The quantitative estimate of drug-likeness (QED) is 0.457. The molecule has 3 rings (SSSR count). The van der Waals surface area contributed by atoms with Crippen molar-refractivity contribution < 1.29 is 29.3 Å². The lowest BCUT2D eigenvalue weighted by Crippen LogP contribution is -2.43. The number of nitrogens with zero attached hydrogens (tertiary/aromatic N) is 2. The fraction of sp³-hybridized carbons (Fsp3) is 0.520. The summed E-state index contributed by atoms with van der Waals surface area (Å²) in [6.07, 6.45) is 0.586. The Labute approximate surface area is 205 Å². The van der Waals surface area contributed by atoms with Crippen LogP contribution < -0.4 is 5.56 Å². The van der Waals surface area contributed by atoms with Crippen LogP contribution in [0.2, 0.25) is 0 Å². The Balaban J connectivity index is 0.000000621. The number of para-hydroxylation sites is 2. The summed E-state index contributed by atoms with van der Waals surface area (Å²) in [4.78, 5) is 42.4. The molecule has 0 spiro atoms. The number of H-pyrrole nitrogens is 1. The number of aromatic nitrogens is 2. The first-order valence-electron chi connectivity index (χ1n) is 11.4. The summed E-state index contributed by atoms with van der Waals surface area (Å²) in [5.74, 6) is -3.51. The molecule has 0 saturated carbocycles. The number of hydrogen-bond donors (Lipinski definition) is 1. The number of halogens is 2. The molecule has 1 fully saturated rings. The molecule has 1 aromatic heterocycles. The maximum absolute atomic E-state index is 13.3. The second-order valence-electron chi connectivity index (χ2n) is 8.77. The maximum Gasteiger partial charge on any atom is 0.411 e. The van der Waals surface area contributed by atoms with Crippen molar-refractivity contribution in [1.82, 2.24) is 14.9 Å². The second kappa shape index (κ2) is 12.4. The van der Waals surface area contributed by atoms with Crippen molar-refractivity contribution in [3.05, 3.63) is 53.0 Å². The normalized spacial score (nSPS) is 17.5. The van der Waals surface area contributed by atoms with Gasteiger partial charge in [0.1, 0.15) is 11.6 Å². The van der Waals surface area contributed by atoms with Crippen molar-refractivity contribution in [2.45, 2.75) is 65.5 Å². The standard InChI is InChI=1S/C12H21NO4.C11H8F2N2O.C2H6.H2/c1-8-6-9(10(14)16-5)13(7-8)11(15)17-12(2,3)4;1-2-11(12,13)9-10(16)15-8-6-4-3-5-7(8)14-9;1-2;/h8-9H,6-7H2,1-5H3;2-6H,1H2,(H,15,16);1-2H3;1H. The number of rotatable bonds is 3. The highest BCUT2D eigenvalue weighted by Gasteiger charge is 2.40. The molecule has 1 aromatic carbocycles. The zero-order valence-corrected chi connectivity index (χ0v) is 21.4. The van der Waals surface area contributed by atoms with Crippen LogP contribution in [-0.4, -0.2) is 52.2 Å². The fourth-order valence-corrected chi connectivity index (χ4v) is 3.28. The van der Waals surface area contributed by atoms with Gasteiger partial charge in [-0.15, -0.1) is 0 Å². The molecule has 10 heteroatoms. The Morgan fingerprint density at radius 1 is 1.26 bits per heavy atom. The number of hydrogen-bond acceptors (Lipinski definition) is 6. The molecule has 196 valence electrons. The molecular formula is C25H37F2N3O5. The van der Waals surface area contributed by atoms with Crippen LogP contribution in [0.4, 0.5) is 13.6 Å². The zero-order chi connectivity index (χ0) is 27.0. The van der Waals surface area contributed by atoms with E-state index >= 15 is 0 Å². The Kier molecular flexibility index (Phi) is 10.5. The number of carbonyl (C=O) groups excluding carboxylic acids is 2. The van der Waals surface area contributed by atoms with E-state index in [1.54, 1.807) is 45.0 Å². The van der Waals surface area contributed by atoms with Gasteiger partial charge in [0.2, 0.25) is 0 Å². The van der Waals surface area contributed by atoms with Crippen molar-refractivity contribution in [1.29, 1.82) is 0 Å². The Bertz CT molecular complexity index is 1090. The number of aromatic amines is 1. The van der Waals surface area contributed by atoms with Crippen LogP contribution in [0.25, 0.3) is 11.0 Å². The van der Waals surface area contributed by atoms with E-state index in [-0.39, 0.29) is 13.3 Å². The second-order valence-corrected chi connectivity index (χ2v) is 8.77. The number of fused-ring (bicyclic) bond motifs is 1. The Morgan fingerprint density at radius 3 is 2.40 bits per heavy atom. The van der Waals surface area contributed by atoms with Crippen LogP contribution in [0.1, 0.15) is 55.1 Å². The van der Waals surface area contributed by atoms with Crippen molar-refractivity contribution in [3.8, 4) is 0 Å². The maximum atomic E-state index is 13.3. The summed E-state index contributed by atoms with van der Waals surface area (Å²) in [7, 11) is 1.33. The number of allylic oxidation sites excluding steroid dienone is 1. The molecule has 1 saturated heterocycles. The molecule has 0 radical (unpaired) electrons. The van der Waals surface area contributed by atoms with Crippen molar-refractivity contribution in [2.24, 2.45) is 5.92 Å². The summed E-state index contributed by atoms with van der Waals surface area (Å²) in [5, 5.41) is 0. The predicted octanol–water partition coefficient (Wildman–Crippen LogP) is 5.28. The van der Waals surface area contributed by atoms with E-state index in [0.29, 0.717) is 30.1 Å². The SMILES string of the molecule is C=CC(F)(F)c1nc2ccccc2[nH]c1=O.CC.COC(=O)C1CC(C)CN1C(=O)OC(C)(C)C.[HH]. The summed E-state index contributed by atoms with van der Waals surface area (Å²) < 4.78 is 36.5. The lowest BCUT2D eigenvalue weighted by Gasteiger charge is -2.27. The number of likely N-dealkylation sites (tertiary alicyclic amines) is 1. The van der Waals surface area contributed by atoms with E-state index in [1.807, 2.05) is 20.8 Å². The number of esters is 1. The van der Waals surface area contributed by atoms with Gasteiger partial charge in [0.05, 0.1) is 18.1 Å². The largest absolute Gasteiger partial charge is 0.467 e. The van der Waals surface area contributed by atoms with E-state index < -0.39 is 34.9 Å². The van der Waals surface area contributed by atoms with E-state index in [0.717, 1.165) is 0 Å². The third-order valence-corrected chi connectivity index (χ3v) is 4.78. The molecule has 2 heterocycles. The average Bonchev–Trinajstić information content (AvgIpc) is 3.20. The third kappa shape index (κ3) is 8.15. The van der Waals surface area contributed by atoms with Crippen LogP contribution in [0.5, 0.6) is 0 Å². The highest BCUT2D eigenvalue weighted by molar-refractivity contribution is 5.82. The topological polar surface area (TPSA) is 102 Å². The molecule has 1 N–H and O–H groups in total. The number of benzene rings is 1. The average molecular weight is 498 g/mol. The van der Waals surface area contributed by atoms with Gasteiger partial charge in [-0.25, -0.2) is 14.6 Å². The molecule has 2 atom stereocenters. The minimum Gasteiger partial charge on any atom is -0.467 e. The van der Waals surface area contributed by atoms with Gasteiger partial charge in [0.15, 0.2) is 5.69 Å². The summed E-state index contributed by atoms with van der Waals surface area (Å²) in [6.45, 7) is 14.9. The first-order valence-corrected chi connectivity index (χ1v) is 11.4. The zero-order valence-electron chi connectivity index (χ0n) is 21.4. The summed E-state index contributed by atoms with van der Waals surface area (Å²) in [6, 6.07) is 5.98. The smallest absolute Gasteiger partial charge is 0.411 e. The van der Waals surface area contributed by atoms with Gasteiger partial charge in [-0.1, -0.05) is 39.5 Å². The first-order chi connectivity index (χ1) is 16.3. The van der Waals surface area contributed by atoms with Crippen LogP contribution in [0.15, 0.2) is 41.7 Å². The van der Waals surface area contributed by atoms with Crippen LogP contribution >= 0.6 is 0 Å². The molecule has 8 nitrogen and oxygen atoms in total. The molecule has 1 amide bonds. The van der Waals surface area contributed by atoms with Crippen LogP contribution in [-0.2, 0) is 20.2 Å². The Hall–Kier alpha value is -3.30. The van der Waals surface area contributed by atoms with Gasteiger partial charge in [-0.2, -0.15) is 8.78 Å². The number of nitrogens with one attached hydrogen (secondary N) is 1. The third-order valence-electron chi connectivity index (χ3n) is 4.78. The highest BCUT2D eigenvalue weighted by Crippen LogP contribution is 2.26. The van der Waals surface area contributed by atoms with E-state index in [4.69, 9.17) is 9.47 Å². The fourth-order valence-electron chi connectivity index (χ4n) is 3.28. The van der Waals surface area contributed by atoms with E-state index in [9.17, 15) is 23.2 Å². The summed E-state index contributed by atoms with van der Waals surface area (Å²) >= 11 is 0. The molecular weight excluding hydrogens is 460 g/mol. The first kappa shape index (κ1) is 29.7. The number of alkyl halides is 2. The van der Waals surface area contributed by atoms with Crippen LogP contribution in [0.3, 0.4) is 0 Å². The van der Waals surface area contributed by atoms with Gasteiger partial charge < -0.3 is 14.5 Å². The van der Waals surface area contributed by atoms with Gasteiger partial charge in [0.25, 0.3) is 5.56 Å². The number of amides is 1. The minimum absolute atomic E-state index is 0. The molecule has 35 heavy (non-hydrogen) atoms. The predicted molar refractivity (Wildman–Crippen MR) is 132 cm³/mol.